The lowest BCUT2D eigenvalue weighted by Gasteiger charge is -2.30. The summed E-state index contributed by atoms with van der Waals surface area (Å²) in [6.07, 6.45) is 3.08. The van der Waals surface area contributed by atoms with Crippen LogP contribution in [0.1, 0.15) is 11.1 Å². The maximum Gasteiger partial charge on any atom is 0.241 e. The van der Waals surface area contributed by atoms with Crippen molar-refractivity contribution in [2.45, 2.75) is 5.16 Å². The predicted octanol–water partition coefficient (Wildman–Crippen LogP) is 4.85. The van der Waals surface area contributed by atoms with E-state index >= 15 is 0 Å². The second kappa shape index (κ2) is 7.01. The Morgan fingerprint density at radius 3 is 2.58 bits per heavy atom. The summed E-state index contributed by atoms with van der Waals surface area (Å²) in [7, 11) is -4.01. The van der Waals surface area contributed by atoms with Crippen molar-refractivity contribution in [3.05, 3.63) is 76.1 Å². The molecule has 0 aliphatic carbocycles. The molecule has 1 heterocycles. The molecular formula is C19H17ClNO3PS. The zero-order chi connectivity index (χ0) is 18.9. The summed E-state index contributed by atoms with van der Waals surface area (Å²) in [6.45, 7) is 1.15. The first-order valence-electron chi connectivity index (χ1n) is 7.77. The first-order chi connectivity index (χ1) is 12.3. The molecule has 1 amide bonds. The molecule has 0 saturated carbocycles. The van der Waals surface area contributed by atoms with Crippen LogP contribution in [0.25, 0.3) is 16.2 Å². The number of benzene rings is 2. The summed E-state index contributed by atoms with van der Waals surface area (Å²) in [5, 5.41) is 0.987. The van der Waals surface area contributed by atoms with Gasteiger partial charge in [0.2, 0.25) is 13.3 Å². The summed E-state index contributed by atoms with van der Waals surface area (Å²) in [5.74, 6) is -0.877. The molecule has 0 saturated heterocycles. The SMILES string of the molecule is CP(=O)(O)C(/C=C/c1ccccc1)(C(N)=O)c1csc2ccc(Cl)cc12. The third kappa shape index (κ3) is 3.24. The van der Waals surface area contributed by atoms with Crippen LogP contribution in [0.4, 0.5) is 0 Å². The topological polar surface area (TPSA) is 80.4 Å². The molecule has 0 bridgehead atoms. The van der Waals surface area contributed by atoms with Gasteiger partial charge in [-0.1, -0.05) is 54.1 Å². The normalized spacial score (nSPS) is 16.4. The summed E-state index contributed by atoms with van der Waals surface area (Å²) >= 11 is 7.48. The van der Waals surface area contributed by atoms with E-state index in [4.69, 9.17) is 17.3 Å². The number of halogens is 1. The monoisotopic (exact) mass is 405 g/mol. The van der Waals surface area contributed by atoms with Crippen LogP contribution in [0, 0.1) is 0 Å². The highest BCUT2D eigenvalue weighted by Gasteiger charge is 2.50. The molecule has 0 fully saturated rings. The minimum Gasteiger partial charge on any atom is -0.368 e. The van der Waals surface area contributed by atoms with Gasteiger partial charge in [-0.25, -0.2) is 0 Å². The quantitative estimate of drug-likeness (QED) is 0.595. The number of hydrogen-bond acceptors (Lipinski definition) is 3. The van der Waals surface area contributed by atoms with Gasteiger partial charge in [0.1, 0.15) is 0 Å². The Morgan fingerprint density at radius 2 is 1.96 bits per heavy atom. The lowest BCUT2D eigenvalue weighted by Crippen LogP contribution is -2.39. The van der Waals surface area contributed by atoms with E-state index in [0.717, 1.165) is 16.9 Å². The lowest BCUT2D eigenvalue weighted by atomic mass is 9.95. The van der Waals surface area contributed by atoms with Crippen molar-refractivity contribution in [2.75, 3.05) is 6.66 Å². The smallest absolute Gasteiger partial charge is 0.241 e. The number of amides is 1. The summed E-state index contributed by atoms with van der Waals surface area (Å²) in [5.41, 5.74) is 6.88. The molecule has 0 radical (unpaired) electrons. The van der Waals surface area contributed by atoms with Gasteiger partial charge in [-0.15, -0.1) is 11.3 Å². The first-order valence-corrected chi connectivity index (χ1v) is 11.1. The van der Waals surface area contributed by atoms with E-state index < -0.39 is 18.4 Å². The fourth-order valence-electron chi connectivity index (χ4n) is 2.95. The average molecular weight is 406 g/mol. The summed E-state index contributed by atoms with van der Waals surface area (Å²) < 4.78 is 13.8. The van der Waals surface area contributed by atoms with Crippen molar-refractivity contribution in [2.24, 2.45) is 5.73 Å². The Labute approximate surface area is 160 Å². The van der Waals surface area contributed by atoms with Gasteiger partial charge in [-0.3, -0.25) is 9.36 Å². The number of carbonyl (C=O) groups is 1. The van der Waals surface area contributed by atoms with Gasteiger partial charge in [-0.05, 0) is 40.1 Å². The number of rotatable bonds is 5. The Morgan fingerprint density at radius 1 is 1.27 bits per heavy atom. The maximum absolute atomic E-state index is 12.9. The molecule has 3 aromatic rings. The number of nitrogens with two attached hydrogens (primary N) is 1. The van der Waals surface area contributed by atoms with Gasteiger partial charge in [-0.2, -0.15) is 0 Å². The van der Waals surface area contributed by atoms with Crippen LogP contribution >= 0.6 is 30.3 Å². The minimum atomic E-state index is -4.01. The molecule has 3 rings (SSSR count). The average Bonchev–Trinajstić information content (AvgIpc) is 2.98. The Hall–Kier alpha value is -1.91. The van der Waals surface area contributed by atoms with Crippen molar-refractivity contribution in [3.63, 3.8) is 0 Å². The second-order valence-electron chi connectivity index (χ2n) is 6.04. The van der Waals surface area contributed by atoms with Crippen LogP contribution in [0.2, 0.25) is 5.02 Å². The zero-order valence-electron chi connectivity index (χ0n) is 13.9. The molecule has 0 aliphatic heterocycles. The van der Waals surface area contributed by atoms with Gasteiger partial charge in [0, 0.05) is 16.4 Å². The van der Waals surface area contributed by atoms with E-state index in [1.807, 2.05) is 36.4 Å². The van der Waals surface area contributed by atoms with Gasteiger partial charge in [0.05, 0.1) is 0 Å². The Kier molecular flexibility index (Phi) is 5.09. The molecule has 4 nitrogen and oxygen atoms in total. The molecule has 0 aliphatic rings. The first kappa shape index (κ1) is 18.9. The van der Waals surface area contributed by atoms with Crippen molar-refractivity contribution >= 4 is 52.4 Å². The van der Waals surface area contributed by atoms with Crippen LogP contribution < -0.4 is 5.73 Å². The highest BCUT2D eigenvalue weighted by Crippen LogP contribution is 2.60. The number of primary amides is 1. The lowest BCUT2D eigenvalue weighted by molar-refractivity contribution is -0.119. The largest absolute Gasteiger partial charge is 0.368 e. The van der Waals surface area contributed by atoms with E-state index in [0.29, 0.717) is 16.0 Å². The van der Waals surface area contributed by atoms with Crippen molar-refractivity contribution < 1.29 is 14.3 Å². The number of thiophene rings is 1. The zero-order valence-corrected chi connectivity index (χ0v) is 16.4. The number of hydrogen-bond donors (Lipinski definition) is 2. The highest BCUT2D eigenvalue weighted by atomic mass is 35.5. The third-order valence-electron chi connectivity index (χ3n) is 4.29. The van der Waals surface area contributed by atoms with Crippen LogP contribution in [0.5, 0.6) is 0 Å². The highest BCUT2D eigenvalue weighted by molar-refractivity contribution is 7.59. The van der Waals surface area contributed by atoms with Crippen LogP contribution in [0.15, 0.2) is 60.0 Å². The third-order valence-corrected chi connectivity index (χ3v) is 7.41. The molecule has 3 N–H and O–H groups in total. The van der Waals surface area contributed by atoms with Gasteiger partial charge < -0.3 is 10.6 Å². The number of carbonyl (C=O) groups excluding carboxylic acids is 1. The predicted molar refractivity (Wildman–Crippen MR) is 109 cm³/mol. The summed E-state index contributed by atoms with van der Waals surface area (Å²) in [6, 6.07) is 14.5. The van der Waals surface area contributed by atoms with Gasteiger partial charge in [0.15, 0.2) is 5.16 Å². The van der Waals surface area contributed by atoms with Crippen LogP contribution in [0.3, 0.4) is 0 Å². The number of fused-ring (bicyclic) bond motifs is 1. The molecule has 2 aromatic carbocycles. The van der Waals surface area contributed by atoms with Gasteiger partial charge >= 0.3 is 0 Å². The fourth-order valence-corrected chi connectivity index (χ4v) is 5.60. The molecule has 2 atom stereocenters. The van der Waals surface area contributed by atoms with E-state index in [1.165, 1.54) is 17.4 Å². The van der Waals surface area contributed by atoms with Crippen LogP contribution in [-0.4, -0.2) is 17.5 Å². The Balaban J connectivity index is 2.30. The molecule has 26 heavy (non-hydrogen) atoms. The molecule has 0 spiro atoms. The maximum atomic E-state index is 12.9. The van der Waals surface area contributed by atoms with E-state index in [9.17, 15) is 14.3 Å². The molecule has 1 aromatic heterocycles. The van der Waals surface area contributed by atoms with Crippen molar-refractivity contribution in [3.8, 4) is 0 Å². The van der Waals surface area contributed by atoms with Crippen LogP contribution in [-0.2, 0) is 14.5 Å². The molecule has 7 heteroatoms. The van der Waals surface area contributed by atoms with E-state index in [2.05, 4.69) is 0 Å². The van der Waals surface area contributed by atoms with Crippen molar-refractivity contribution in [1.82, 2.24) is 0 Å². The molecule has 2 unspecified atom stereocenters. The molecule has 134 valence electrons. The summed E-state index contributed by atoms with van der Waals surface area (Å²) in [4.78, 5) is 23.1. The second-order valence-corrected chi connectivity index (χ2v) is 9.85. The fraction of sp³-hybridized carbons (Fsp3) is 0.105. The van der Waals surface area contributed by atoms with E-state index in [-0.39, 0.29) is 0 Å². The van der Waals surface area contributed by atoms with Crippen molar-refractivity contribution in [1.29, 1.82) is 0 Å². The Bertz CT molecular complexity index is 1040. The van der Waals surface area contributed by atoms with Gasteiger partial charge in [0.25, 0.3) is 0 Å². The van der Waals surface area contributed by atoms with E-state index in [1.54, 1.807) is 23.6 Å². The molecular weight excluding hydrogens is 389 g/mol. The standard InChI is InChI=1S/C19H17ClNO3PS/c1-25(23,24)19(18(21)22,10-9-13-5-3-2-4-6-13)16-12-26-17-8-7-14(20)11-15(16)17/h2-12H,1H3,(H2,21,22)(H,23,24)/b10-9+. The minimum absolute atomic E-state index is 0.396.